The van der Waals surface area contributed by atoms with E-state index in [1.807, 2.05) is 12.2 Å². The Morgan fingerprint density at radius 1 is 1.33 bits per heavy atom. The Bertz CT molecular complexity index is 96.0. The number of hydrogen-bond donors (Lipinski definition) is 0. The second-order valence-corrected chi connectivity index (χ2v) is 12.4. The topological polar surface area (TPSA) is 0 Å². The van der Waals surface area contributed by atoms with E-state index >= 15 is 0 Å². The van der Waals surface area contributed by atoms with Crippen LogP contribution in [0.5, 0.6) is 0 Å². The van der Waals surface area contributed by atoms with Crippen molar-refractivity contribution in [3.05, 3.63) is 24.3 Å². The van der Waals surface area contributed by atoms with E-state index in [-0.39, 0.29) is 0 Å². The third kappa shape index (κ3) is 12.4. The molecule has 1 aliphatic carbocycles. The van der Waals surface area contributed by atoms with Gasteiger partial charge in [0.2, 0.25) is 0 Å². The quantitative estimate of drug-likeness (QED) is 0.587. The van der Waals surface area contributed by atoms with Crippen LogP contribution in [0.25, 0.3) is 0 Å². The van der Waals surface area contributed by atoms with Gasteiger partial charge in [-0.15, -0.1) is 6.42 Å². The standard InChI is InChI=1S/C5H5.3ClH.Zr/c1-2-4-5-3-1;;;;/h1-3H,4H2;3*1H;/q-1;;;;+3/p-3. The summed E-state index contributed by atoms with van der Waals surface area (Å²) >= 11 is -2.13. The fourth-order valence-corrected chi connectivity index (χ4v) is 0.340. The van der Waals surface area contributed by atoms with Gasteiger partial charge in [-0.2, -0.15) is 6.08 Å². The molecule has 0 aromatic rings. The van der Waals surface area contributed by atoms with Crippen LogP contribution in [0.2, 0.25) is 0 Å². The second-order valence-electron chi connectivity index (χ2n) is 1.22. The minimum absolute atomic E-state index is 1.01. The summed E-state index contributed by atoms with van der Waals surface area (Å²) in [5.74, 6) is 0. The summed E-state index contributed by atoms with van der Waals surface area (Å²) in [5.41, 5.74) is 0. The van der Waals surface area contributed by atoms with Gasteiger partial charge in [0.05, 0.1) is 0 Å². The molecule has 1 aliphatic rings. The van der Waals surface area contributed by atoms with Crippen LogP contribution in [0, 0.1) is 6.08 Å². The molecule has 0 atom stereocenters. The maximum absolute atomic E-state index is 5.00. The Balaban J connectivity index is 0.000000148. The van der Waals surface area contributed by atoms with E-state index in [4.69, 9.17) is 25.5 Å². The average Bonchev–Trinajstić information content (AvgIpc) is 2.11. The van der Waals surface area contributed by atoms with Gasteiger partial charge in [0.25, 0.3) is 0 Å². The molecule has 0 heterocycles. The van der Waals surface area contributed by atoms with Gasteiger partial charge < -0.3 is 0 Å². The monoisotopic (exact) mass is 260 g/mol. The van der Waals surface area contributed by atoms with Crippen molar-refractivity contribution >= 4 is 25.5 Å². The summed E-state index contributed by atoms with van der Waals surface area (Å²) in [6.45, 7) is 0. The van der Waals surface area contributed by atoms with Crippen LogP contribution in [0.3, 0.4) is 0 Å². The predicted octanol–water partition coefficient (Wildman–Crippen LogP) is 3.37. The molecule has 0 bridgehead atoms. The zero-order chi connectivity index (χ0) is 7.11. The first-order valence-electron chi connectivity index (χ1n) is 2.28. The molecule has 0 nitrogen and oxygen atoms in total. The van der Waals surface area contributed by atoms with Gasteiger partial charge in [-0.1, -0.05) is 0 Å². The molecule has 0 aromatic carbocycles. The Kier molecular flexibility index (Phi) is 8.35. The van der Waals surface area contributed by atoms with Gasteiger partial charge in [-0.3, -0.25) is 6.08 Å². The fraction of sp³-hybridized carbons (Fsp3) is 0.200. The van der Waals surface area contributed by atoms with Crippen LogP contribution >= 0.6 is 25.5 Å². The van der Waals surface area contributed by atoms with Gasteiger partial charge >= 0.3 is 43.7 Å². The van der Waals surface area contributed by atoms with Crippen molar-refractivity contribution in [2.75, 3.05) is 0 Å². The van der Waals surface area contributed by atoms with Crippen LogP contribution in [0.15, 0.2) is 18.2 Å². The molecular weight excluding hydrogens is 258 g/mol. The molecule has 4 heteroatoms. The maximum atomic E-state index is 5.00. The van der Waals surface area contributed by atoms with Crippen molar-refractivity contribution in [3.8, 4) is 0 Å². The van der Waals surface area contributed by atoms with E-state index in [0.717, 1.165) is 6.42 Å². The van der Waals surface area contributed by atoms with E-state index < -0.39 is 18.2 Å². The molecule has 0 aromatic heterocycles. The van der Waals surface area contributed by atoms with Crippen molar-refractivity contribution in [3.63, 3.8) is 0 Å². The van der Waals surface area contributed by atoms with E-state index in [9.17, 15) is 0 Å². The first kappa shape index (κ1) is 10.2. The number of rotatable bonds is 0. The summed E-state index contributed by atoms with van der Waals surface area (Å²) in [6.07, 6.45) is 10.0. The molecule has 0 radical (unpaired) electrons. The van der Waals surface area contributed by atoms with E-state index in [2.05, 4.69) is 12.2 Å². The fourth-order valence-electron chi connectivity index (χ4n) is 0.340. The average molecular weight is 263 g/mol. The van der Waals surface area contributed by atoms with Crippen molar-refractivity contribution in [2.45, 2.75) is 6.42 Å². The Morgan fingerprint density at radius 2 is 1.89 bits per heavy atom. The summed E-state index contributed by atoms with van der Waals surface area (Å²) in [5, 5.41) is 0. The number of hydrogen-bond acceptors (Lipinski definition) is 0. The minimum atomic E-state index is -2.13. The molecule has 0 amide bonds. The Hall–Kier alpha value is 1.23. The normalized spacial score (nSPS) is 12.8. The first-order chi connectivity index (χ1) is 4.23. The molecule has 0 saturated carbocycles. The number of allylic oxidation sites excluding steroid dienone is 4. The van der Waals surface area contributed by atoms with Crippen molar-refractivity contribution in [1.82, 2.24) is 0 Å². The number of halogens is 3. The molecule has 0 saturated heterocycles. The zero-order valence-electron chi connectivity index (χ0n) is 4.57. The van der Waals surface area contributed by atoms with E-state index in [1.165, 1.54) is 0 Å². The molecular formula is C5H5Cl3Zr-. The summed E-state index contributed by atoms with van der Waals surface area (Å²) in [7, 11) is 15.0. The SMILES string of the molecule is [C-]1=CC=CC1.[Cl][Zr]([Cl])[Cl]. The zero-order valence-corrected chi connectivity index (χ0v) is 9.30. The third-order valence-electron chi connectivity index (χ3n) is 0.586. The molecule has 9 heavy (non-hydrogen) atoms. The molecule has 0 spiro atoms. The van der Waals surface area contributed by atoms with Crippen molar-refractivity contribution in [1.29, 1.82) is 0 Å². The van der Waals surface area contributed by atoms with Crippen LogP contribution in [-0.2, 0) is 18.2 Å². The summed E-state index contributed by atoms with van der Waals surface area (Å²) in [6, 6.07) is 0. The van der Waals surface area contributed by atoms with E-state index in [0.29, 0.717) is 0 Å². The molecule has 0 fully saturated rings. The summed E-state index contributed by atoms with van der Waals surface area (Å²) in [4.78, 5) is 0. The van der Waals surface area contributed by atoms with Gasteiger partial charge in [-0.25, -0.2) is 12.2 Å². The predicted molar refractivity (Wildman–Crippen MR) is 39.1 cm³/mol. The van der Waals surface area contributed by atoms with Crippen LogP contribution in [0.4, 0.5) is 0 Å². The van der Waals surface area contributed by atoms with Crippen LogP contribution < -0.4 is 0 Å². The van der Waals surface area contributed by atoms with Crippen LogP contribution in [0.1, 0.15) is 6.42 Å². The van der Waals surface area contributed by atoms with Gasteiger partial charge in [0.15, 0.2) is 0 Å². The third-order valence-corrected chi connectivity index (χ3v) is 0.586. The van der Waals surface area contributed by atoms with Crippen molar-refractivity contribution in [2.24, 2.45) is 0 Å². The Labute approximate surface area is 73.8 Å². The molecule has 51 valence electrons. The summed E-state index contributed by atoms with van der Waals surface area (Å²) < 4.78 is 0. The molecule has 0 aliphatic heterocycles. The van der Waals surface area contributed by atoms with Crippen LogP contribution in [-0.4, -0.2) is 0 Å². The van der Waals surface area contributed by atoms with Crippen molar-refractivity contribution < 1.29 is 18.2 Å². The second kappa shape index (κ2) is 7.34. The molecule has 0 unspecified atom stereocenters. The molecule has 0 N–H and O–H groups in total. The van der Waals surface area contributed by atoms with E-state index in [1.54, 1.807) is 0 Å². The van der Waals surface area contributed by atoms with Gasteiger partial charge in [-0.05, 0) is 0 Å². The Morgan fingerprint density at radius 3 is 2.00 bits per heavy atom. The first-order valence-corrected chi connectivity index (χ1v) is 11.8. The molecule has 1 rings (SSSR count). The van der Waals surface area contributed by atoms with Gasteiger partial charge in [0, 0.05) is 0 Å². The van der Waals surface area contributed by atoms with Gasteiger partial charge in [0.1, 0.15) is 0 Å².